The van der Waals surface area contributed by atoms with Crippen LogP contribution in [-0.4, -0.2) is 42.2 Å². The van der Waals surface area contributed by atoms with Gasteiger partial charge in [0.25, 0.3) is 0 Å². The first-order valence-electron chi connectivity index (χ1n) is 6.50. The Balaban J connectivity index is 2.80. The maximum Gasteiger partial charge on any atom is 0.0533 e. The Bertz CT molecular complexity index is 496. The smallest absolute Gasteiger partial charge is 0.0533 e. The molecule has 0 saturated carbocycles. The van der Waals surface area contributed by atoms with Crippen LogP contribution in [0.4, 0.5) is 0 Å². The van der Waals surface area contributed by atoms with E-state index in [4.69, 9.17) is 0 Å². The number of hydrogen-bond donors (Lipinski definition) is 1. The van der Waals surface area contributed by atoms with Gasteiger partial charge in [-0.2, -0.15) is 0 Å². The van der Waals surface area contributed by atoms with E-state index in [-0.39, 0.29) is 5.41 Å². The van der Waals surface area contributed by atoms with Crippen LogP contribution in [-0.2, 0) is 15.1 Å². The van der Waals surface area contributed by atoms with E-state index in [9.17, 15) is 4.21 Å². The molecular formula is C15H26N2OS. The molecule has 19 heavy (non-hydrogen) atoms. The fourth-order valence-electron chi connectivity index (χ4n) is 1.69. The molecule has 0 aliphatic rings. The van der Waals surface area contributed by atoms with E-state index in [0.29, 0.717) is 6.54 Å². The molecule has 0 fully saturated rings. The van der Waals surface area contributed by atoms with Crippen LogP contribution in [0.3, 0.4) is 0 Å². The van der Waals surface area contributed by atoms with E-state index in [0.717, 1.165) is 11.4 Å². The first-order valence-corrected chi connectivity index (χ1v) is 8.23. The van der Waals surface area contributed by atoms with Gasteiger partial charge in [0.1, 0.15) is 0 Å². The number of rotatable bonds is 5. The molecule has 108 valence electrons. The number of likely N-dealkylation sites (N-methyl/N-ethyl adjacent to an activating group) is 1. The number of benzene rings is 1. The van der Waals surface area contributed by atoms with Gasteiger partial charge in [-0.15, -0.1) is 0 Å². The standard InChI is InChI=1S/C15H26N2OS/c1-15(2,3)13-7-9-14(10-8-13)19(6,18)16-11-12-17(4)5/h7-10H,6,11-12H2,1-5H3,(H,16,18). The SMILES string of the molecule is C=S(=O)(NCCN(C)C)c1ccc(C(C)(C)C)cc1. The Morgan fingerprint density at radius 3 is 2.16 bits per heavy atom. The van der Waals surface area contributed by atoms with Gasteiger partial charge in [-0.25, -0.2) is 8.93 Å². The van der Waals surface area contributed by atoms with E-state index in [1.165, 1.54) is 5.56 Å². The van der Waals surface area contributed by atoms with Gasteiger partial charge < -0.3 is 4.90 Å². The molecule has 1 aromatic carbocycles. The summed E-state index contributed by atoms with van der Waals surface area (Å²) in [4.78, 5) is 2.81. The van der Waals surface area contributed by atoms with Crippen LogP contribution in [0.1, 0.15) is 26.3 Å². The van der Waals surface area contributed by atoms with Gasteiger partial charge in [0.15, 0.2) is 0 Å². The lowest BCUT2D eigenvalue weighted by molar-refractivity contribution is 0.414. The average molecular weight is 282 g/mol. The Hall–Kier alpha value is -0.840. The molecule has 1 rings (SSSR count). The molecule has 1 aromatic rings. The zero-order valence-corrected chi connectivity index (χ0v) is 13.5. The minimum Gasteiger partial charge on any atom is -0.308 e. The van der Waals surface area contributed by atoms with Gasteiger partial charge >= 0.3 is 0 Å². The van der Waals surface area contributed by atoms with Gasteiger partial charge in [-0.05, 0) is 43.1 Å². The summed E-state index contributed by atoms with van der Waals surface area (Å²) in [5, 5.41) is 0. The Morgan fingerprint density at radius 2 is 1.74 bits per heavy atom. The minimum absolute atomic E-state index is 0.110. The van der Waals surface area contributed by atoms with Gasteiger partial charge in [0.05, 0.1) is 9.71 Å². The summed E-state index contributed by atoms with van der Waals surface area (Å²) in [6, 6.07) is 7.90. The van der Waals surface area contributed by atoms with Gasteiger partial charge in [0, 0.05) is 18.0 Å². The molecule has 0 spiro atoms. The molecule has 0 aliphatic heterocycles. The number of hydrogen-bond acceptors (Lipinski definition) is 2. The largest absolute Gasteiger partial charge is 0.308 e. The van der Waals surface area contributed by atoms with Crippen molar-refractivity contribution in [2.75, 3.05) is 27.2 Å². The molecule has 0 heterocycles. The second kappa shape index (κ2) is 6.07. The summed E-state index contributed by atoms with van der Waals surface area (Å²) in [6.45, 7) is 8.00. The van der Waals surface area contributed by atoms with Crippen LogP contribution in [0, 0.1) is 0 Å². The van der Waals surface area contributed by atoms with Gasteiger partial charge in [-0.3, -0.25) is 0 Å². The maximum atomic E-state index is 12.5. The quantitative estimate of drug-likeness (QED) is 0.839. The second-order valence-corrected chi connectivity index (χ2v) is 8.26. The topological polar surface area (TPSA) is 32.3 Å². The Morgan fingerprint density at radius 1 is 1.21 bits per heavy atom. The molecule has 1 N–H and O–H groups in total. The van der Waals surface area contributed by atoms with Crippen molar-refractivity contribution >= 4 is 15.6 Å². The highest BCUT2D eigenvalue weighted by Crippen LogP contribution is 2.23. The predicted molar refractivity (Wildman–Crippen MR) is 85.2 cm³/mol. The lowest BCUT2D eigenvalue weighted by atomic mass is 9.87. The van der Waals surface area contributed by atoms with Crippen molar-refractivity contribution in [1.82, 2.24) is 9.62 Å². The van der Waals surface area contributed by atoms with Crippen molar-refractivity contribution < 1.29 is 4.21 Å². The molecule has 0 amide bonds. The van der Waals surface area contributed by atoms with Crippen LogP contribution in [0.2, 0.25) is 0 Å². The van der Waals surface area contributed by atoms with Crippen LogP contribution >= 0.6 is 0 Å². The normalized spacial score (nSPS) is 15.5. The molecule has 0 aliphatic carbocycles. The monoisotopic (exact) mass is 282 g/mol. The van der Waals surface area contributed by atoms with Crippen molar-refractivity contribution in [3.05, 3.63) is 29.8 Å². The molecule has 0 radical (unpaired) electrons. The molecule has 0 aromatic heterocycles. The van der Waals surface area contributed by atoms with Crippen molar-refractivity contribution in [2.45, 2.75) is 31.1 Å². The number of nitrogens with one attached hydrogen (secondary N) is 1. The summed E-state index contributed by atoms with van der Waals surface area (Å²) < 4.78 is 15.5. The van der Waals surface area contributed by atoms with Crippen molar-refractivity contribution in [2.24, 2.45) is 0 Å². The van der Waals surface area contributed by atoms with Crippen molar-refractivity contribution in [1.29, 1.82) is 0 Å². The van der Waals surface area contributed by atoms with E-state index in [1.807, 2.05) is 43.3 Å². The highest BCUT2D eigenvalue weighted by Gasteiger charge is 2.14. The van der Waals surface area contributed by atoms with Crippen molar-refractivity contribution in [3.8, 4) is 0 Å². The van der Waals surface area contributed by atoms with E-state index < -0.39 is 9.71 Å². The van der Waals surface area contributed by atoms with E-state index in [1.54, 1.807) is 0 Å². The molecule has 0 bridgehead atoms. The molecule has 3 nitrogen and oxygen atoms in total. The lowest BCUT2D eigenvalue weighted by Crippen LogP contribution is -2.31. The van der Waals surface area contributed by atoms with Crippen LogP contribution in [0.25, 0.3) is 0 Å². The lowest BCUT2D eigenvalue weighted by Gasteiger charge is -2.20. The van der Waals surface area contributed by atoms with Gasteiger partial charge in [-0.1, -0.05) is 32.9 Å². The summed E-state index contributed by atoms with van der Waals surface area (Å²) >= 11 is 0. The number of nitrogens with zero attached hydrogens (tertiary/aromatic N) is 1. The van der Waals surface area contributed by atoms with E-state index >= 15 is 0 Å². The zero-order valence-electron chi connectivity index (χ0n) is 12.7. The molecular weight excluding hydrogens is 256 g/mol. The van der Waals surface area contributed by atoms with Crippen LogP contribution < -0.4 is 4.72 Å². The summed E-state index contributed by atoms with van der Waals surface area (Å²) in [5.74, 6) is 3.83. The molecule has 0 saturated heterocycles. The first-order chi connectivity index (χ1) is 8.63. The molecule has 1 unspecified atom stereocenters. The predicted octanol–water partition coefficient (Wildman–Crippen LogP) is 2.13. The molecule has 1 atom stereocenters. The highest BCUT2D eigenvalue weighted by molar-refractivity contribution is 7.98. The van der Waals surface area contributed by atoms with E-state index in [2.05, 4.69) is 31.4 Å². The zero-order chi connectivity index (χ0) is 14.7. The summed E-state index contributed by atoms with van der Waals surface area (Å²) in [7, 11) is 1.59. The minimum atomic E-state index is -2.39. The van der Waals surface area contributed by atoms with Crippen LogP contribution in [0.5, 0.6) is 0 Å². The third kappa shape index (κ3) is 4.97. The Kier molecular flexibility index (Phi) is 5.18. The fraction of sp³-hybridized carbons (Fsp3) is 0.533. The molecule has 4 heteroatoms. The third-order valence-electron chi connectivity index (χ3n) is 3.00. The van der Waals surface area contributed by atoms with Gasteiger partial charge in [0.2, 0.25) is 0 Å². The first kappa shape index (κ1) is 16.2. The average Bonchev–Trinajstić information content (AvgIpc) is 2.27. The fourth-order valence-corrected chi connectivity index (χ4v) is 2.86. The second-order valence-electron chi connectivity index (χ2n) is 6.15. The summed E-state index contributed by atoms with van der Waals surface area (Å²) in [6.07, 6.45) is 0. The highest BCUT2D eigenvalue weighted by atomic mass is 32.2. The summed E-state index contributed by atoms with van der Waals surface area (Å²) in [5.41, 5.74) is 1.35. The third-order valence-corrected chi connectivity index (χ3v) is 4.70. The maximum absolute atomic E-state index is 12.5. The Labute approximate surface area is 118 Å². The van der Waals surface area contributed by atoms with Crippen molar-refractivity contribution in [3.63, 3.8) is 0 Å². The van der Waals surface area contributed by atoms with Crippen LogP contribution in [0.15, 0.2) is 29.2 Å².